The van der Waals surface area contributed by atoms with E-state index in [1.807, 2.05) is 25.1 Å². The van der Waals surface area contributed by atoms with Crippen LogP contribution in [0.2, 0.25) is 0 Å². The third-order valence-corrected chi connectivity index (χ3v) is 19.0. The molecule has 14 amide bonds. The second kappa shape index (κ2) is 57.5. The van der Waals surface area contributed by atoms with Crippen LogP contribution in [0, 0.1) is 6.92 Å². The highest BCUT2D eigenvalue weighted by Crippen LogP contribution is 2.15. The number of hydrogen-bond donors (Lipinski definition) is 21. The molecular formula is C76H135N19O16. The predicted octanol–water partition coefficient (Wildman–Crippen LogP) is -1.77. The summed E-state index contributed by atoms with van der Waals surface area (Å²) in [6.07, 6.45) is 9.77. The monoisotopic (exact) mass is 1570 g/mol. The summed E-state index contributed by atoms with van der Waals surface area (Å²) in [4.78, 5) is 195. The van der Waals surface area contributed by atoms with Gasteiger partial charge in [-0.2, -0.15) is 0 Å². The summed E-state index contributed by atoms with van der Waals surface area (Å²) in [5, 5.41) is 58.8. The van der Waals surface area contributed by atoms with E-state index in [-0.39, 0.29) is 102 Å². The minimum Gasteiger partial charge on any atom is -0.391 e. The first-order valence-corrected chi connectivity index (χ1v) is 40.2. The summed E-state index contributed by atoms with van der Waals surface area (Å²) in [6.45, 7) is 9.56. The summed E-state index contributed by atoms with van der Waals surface area (Å²) in [5.41, 5.74) is 31.3. The van der Waals surface area contributed by atoms with Gasteiger partial charge >= 0.3 is 0 Å². The average Bonchev–Trinajstić information content (AvgIpc) is 1.21. The maximum absolute atomic E-state index is 14.7. The van der Waals surface area contributed by atoms with Crippen molar-refractivity contribution >= 4 is 82.7 Å². The quantitative estimate of drug-likeness (QED) is 0.0321. The second-order valence-corrected chi connectivity index (χ2v) is 28.6. The molecule has 1 aliphatic rings. The fourth-order valence-electron chi connectivity index (χ4n) is 12.4. The number of carbonyl (C=O) groups is 14. The SMILES string of the molecule is CCCCCCCC[C@H](NC(=O)CCCCCNC(=O)CCCCCNC(=O)c1cccc(C)c1)C(=O)N[C@@H](CCN)C(=O)N[C@H](C(=O)N[C@@H](CCN)C(=O)N[C@H]1CCNC(=O)[C@H]([C@@H](C)O)NC(=O)[C@H](CCN)NC(=O)[C@H](CCN)NC(=O)[C@H](CC)NC(=O)[C@@H](CCCCCCCC)NC(=O)[C@H](CCN)NC1=O)[C@@H](C)O. The zero-order valence-electron chi connectivity index (χ0n) is 66.5. The normalized spacial score (nSPS) is 20.1. The highest BCUT2D eigenvalue weighted by Gasteiger charge is 2.38. The van der Waals surface area contributed by atoms with Crippen molar-refractivity contribution in [2.75, 3.05) is 52.4 Å². The van der Waals surface area contributed by atoms with Gasteiger partial charge in [-0.05, 0) is 149 Å². The number of benzene rings is 1. The number of nitrogens with two attached hydrogens (primary N) is 5. The third-order valence-electron chi connectivity index (χ3n) is 19.0. The lowest BCUT2D eigenvalue weighted by Crippen LogP contribution is -2.62. The molecule has 26 N–H and O–H groups in total. The number of aliphatic hydroxyl groups excluding tert-OH is 2. The van der Waals surface area contributed by atoms with E-state index in [2.05, 4.69) is 88.3 Å². The van der Waals surface area contributed by atoms with Gasteiger partial charge in [0, 0.05) is 38.0 Å². The van der Waals surface area contributed by atoms with Gasteiger partial charge in [0.1, 0.15) is 66.5 Å². The molecule has 630 valence electrons. The number of unbranched alkanes of at least 4 members (excludes halogenated alkanes) is 14. The van der Waals surface area contributed by atoms with Crippen LogP contribution in [0.5, 0.6) is 0 Å². The summed E-state index contributed by atoms with van der Waals surface area (Å²) >= 11 is 0. The number of aryl methyl sites for hydroxylation is 1. The van der Waals surface area contributed by atoms with Crippen molar-refractivity contribution in [3.05, 3.63) is 35.4 Å². The van der Waals surface area contributed by atoms with Crippen molar-refractivity contribution < 1.29 is 77.3 Å². The van der Waals surface area contributed by atoms with Crippen molar-refractivity contribution in [1.29, 1.82) is 0 Å². The van der Waals surface area contributed by atoms with Gasteiger partial charge < -0.3 is 113 Å². The van der Waals surface area contributed by atoms with Gasteiger partial charge in [-0.15, -0.1) is 0 Å². The smallest absolute Gasteiger partial charge is 0.251 e. The van der Waals surface area contributed by atoms with Crippen LogP contribution in [-0.4, -0.2) is 224 Å². The number of hydrogen-bond acceptors (Lipinski definition) is 21. The largest absolute Gasteiger partial charge is 0.391 e. The van der Waals surface area contributed by atoms with Gasteiger partial charge in [0.2, 0.25) is 76.8 Å². The van der Waals surface area contributed by atoms with Gasteiger partial charge in [-0.1, -0.05) is 128 Å². The maximum atomic E-state index is 14.7. The highest BCUT2D eigenvalue weighted by molar-refractivity contribution is 6.00. The zero-order valence-corrected chi connectivity index (χ0v) is 66.5. The van der Waals surface area contributed by atoms with Crippen LogP contribution in [0.3, 0.4) is 0 Å². The van der Waals surface area contributed by atoms with E-state index in [1.165, 1.54) is 13.8 Å². The molecule has 111 heavy (non-hydrogen) atoms. The lowest BCUT2D eigenvalue weighted by molar-refractivity contribution is -0.137. The molecule has 1 aromatic carbocycles. The first-order chi connectivity index (χ1) is 53.1. The molecule has 2 rings (SSSR count). The minimum atomic E-state index is -1.82. The third kappa shape index (κ3) is 40.0. The Morgan fingerprint density at radius 2 is 0.910 bits per heavy atom. The Hall–Kier alpha value is -8.48. The van der Waals surface area contributed by atoms with E-state index in [0.717, 1.165) is 76.2 Å². The summed E-state index contributed by atoms with van der Waals surface area (Å²) in [7, 11) is 0. The Morgan fingerprint density at radius 1 is 0.459 bits per heavy atom. The number of nitrogens with one attached hydrogen (secondary N) is 14. The Kier molecular flexibility index (Phi) is 51.1. The molecule has 1 fully saturated rings. The second-order valence-electron chi connectivity index (χ2n) is 28.6. The number of aliphatic hydroxyl groups is 2. The Bertz CT molecular complexity index is 3040. The fraction of sp³-hybridized carbons (Fsp3) is 0.737. The molecule has 0 unspecified atom stereocenters. The molecule has 1 aliphatic heterocycles. The molecule has 0 aromatic heterocycles. The Morgan fingerprint density at radius 3 is 1.43 bits per heavy atom. The average molecular weight is 1570 g/mol. The topological polar surface area (TPSA) is 578 Å². The van der Waals surface area contributed by atoms with Crippen LogP contribution in [0.15, 0.2) is 24.3 Å². The van der Waals surface area contributed by atoms with Crippen LogP contribution in [-0.2, 0) is 62.3 Å². The minimum absolute atomic E-state index is 0.00160. The molecule has 0 saturated carbocycles. The number of amides is 14. The van der Waals surface area contributed by atoms with E-state index in [1.54, 1.807) is 13.0 Å². The van der Waals surface area contributed by atoms with E-state index in [0.29, 0.717) is 70.0 Å². The summed E-state index contributed by atoms with van der Waals surface area (Å²) in [5.74, 6) is -10.9. The molecule has 35 heteroatoms. The van der Waals surface area contributed by atoms with E-state index < -0.39 is 163 Å². The van der Waals surface area contributed by atoms with Gasteiger partial charge in [0.05, 0.1) is 12.2 Å². The van der Waals surface area contributed by atoms with Crippen LogP contribution < -0.4 is 103 Å². The van der Waals surface area contributed by atoms with Crippen molar-refractivity contribution in [2.24, 2.45) is 28.7 Å². The molecule has 0 bridgehead atoms. The van der Waals surface area contributed by atoms with Crippen molar-refractivity contribution in [1.82, 2.24) is 74.4 Å². The molecule has 1 heterocycles. The van der Waals surface area contributed by atoms with E-state index in [4.69, 9.17) is 28.7 Å². The first-order valence-electron chi connectivity index (χ1n) is 40.2. The lowest BCUT2D eigenvalue weighted by Gasteiger charge is -2.29. The van der Waals surface area contributed by atoms with Crippen molar-refractivity contribution in [3.8, 4) is 0 Å². The van der Waals surface area contributed by atoms with Crippen LogP contribution >= 0.6 is 0 Å². The van der Waals surface area contributed by atoms with Gasteiger partial charge in [-0.25, -0.2) is 0 Å². The maximum Gasteiger partial charge on any atom is 0.251 e. The Balaban J connectivity index is 2.42. The molecule has 35 nitrogen and oxygen atoms in total. The lowest BCUT2D eigenvalue weighted by atomic mass is 10.0. The van der Waals surface area contributed by atoms with Gasteiger partial charge in [-0.3, -0.25) is 67.1 Å². The van der Waals surface area contributed by atoms with Crippen molar-refractivity contribution in [3.63, 3.8) is 0 Å². The molecule has 13 atom stereocenters. The van der Waals surface area contributed by atoms with Gasteiger partial charge in [0.25, 0.3) is 5.91 Å². The van der Waals surface area contributed by atoms with Crippen molar-refractivity contribution in [2.45, 2.75) is 306 Å². The molecule has 0 spiro atoms. The van der Waals surface area contributed by atoms with Crippen LogP contribution in [0.25, 0.3) is 0 Å². The van der Waals surface area contributed by atoms with E-state index >= 15 is 0 Å². The molecule has 0 radical (unpaired) electrons. The number of rotatable bonds is 49. The predicted molar refractivity (Wildman–Crippen MR) is 420 cm³/mol. The molecular weight excluding hydrogens is 1430 g/mol. The van der Waals surface area contributed by atoms with Crippen LogP contribution in [0.1, 0.15) is 237 Å². The Labute approximate surface area is 654 Å². The molecule has 1 aromatic rings. The zero-order chi connectivity index (χ0) is 82.6. The fourth-order valence-corrected chi connectivity index (χ4v) is 12.4. The van der Waals surface area contributed by atoms with Gasteiger partial charge in [0.15, 0.2) is 0 Å². The summed E-state index contributed by atoms with van der Waals surface area (Å²) < 4.78 is 0. The molecule has 0 aliphatic carbocycles. The highest BCUT2D eigenvalue weighted by atomic mass is 16.3. The first kappa shape index (κ1) is 98.6. The standard InChI is InChI=1S/C76H135N19O16/c1-7-10-12-14-16-20-29-53(85-62(99)32-23-19-24-44-82-61(98)31-22-18-25-45-83-65(100)51-28-26-27-48(4)47-51)67(102)90-59(37-43-81)74(109)95-64(50(6)97)76(111)93-57(35-41-79)71(106)92-60-38-46-84-75(110)63(49(5)96)94-73(108)58(36-42-80)91-70(105)55(33-39-77)88-66(101)52(9-3)86-68(103)54(30-21-17-15-13-11-8-2)87-69(104)56(34-40-78)89-72(60)107/h26-28,47,49-50,52-60,63-64,96-97H,7-25,29-46,77-81H2,1-6H3,(H,82,98)(H,83,100)(H,84,110)(H,85,99)(H,86,103)(H,87,104)(H,88,101)(H,89,107)(H,90,102)(H,91,105)(H,92,106)(H,93,111)(H,94,108)(H,95,109)/t49-,50-,52+,53+,54-,55+,56+,57+,58+,59+,60+,63+,64+/m1/s1. The van der Waals surface area contributed by atoms with E-state index in [9.17, 15) is 77.3 Å². The summed E-state index contributed by atoms with van der Waals surface area (Å²) in [6, 6.07) is -8.86. The molecule has 1 saturated heterocycles. The number of carbonyl (C=O) groups excluding carboxylic acids is 14. The van der Waals surface area contributed by atoms with Crippen LogP contribution in [0.4, 0.5) is 0 Å².